The molecule has 2 atom stereocenters. The van der Waals surface area contributed by atoms with E-state index in [4.69, 9.17) is 22.1 Å². The number of rotatable bonds is 8. The van der Waals surface area contributed by atoms with E-state index in [1.165, 1.54) is 0 Å². The molecule has 0 radical (unpaired) electrons. The molecule has 0 saturated carbocycles. The Morgan fingerprint density at radius 3 is 2.66 bits per heavy atom. The van der Waals surface area contributed by atoms with E-state index < -0.39 is 15.9 Å². The monoisotopic (exact) mass is 538 g/mol. The summed E-state index contributed by atoms with van der Waals surface area (Å²) in [5, 5.41) is 8.87. The van der Waals surface area contributed by atoms with Crippen molar-refractivity contribution in [3.63, 3.8) is 0 Å². The third-order valence-electron chi connectivity index (χ3n) is 5.38. The van der Waals surface area contributed by atoms with Crippen LogP contribution in [0.15, 0.2) is 58.2 Å². The summed E-state index contributed by atoms with van der Waals surface area (Å²) in [6.45, 7) is 1.02. The molecule has 0 spiro atoms. The highest BCUT2D eigenvalue weighted by Gasteiger charge is 2.30. The molecule has 0 bridgehead atoms. The zero-order valence-electron chi connectivity index (χ0n) is 17.3. The number of halogens is 2. The summed E-state index contributed by atoms with van der Waals surface area (Å²) in [5.74, 6) is 0.256. The van der Waals surface area contributed by atoms with E-state index in [0.29, 0.717) is 36.0 Å². The smallest absolute Gasteiger partial charge is 0.250 e. The van der Waals surface area contributed by atoms with Crippen molar-refractivity contribution in [2.24, 2.45) is 5.73 Å². The van der Waals surface area contributed by atoms with E-state index in [-0.39, 0.29) is 17.0 Å². The summed E-state index contributed by atoms with van der Waals surface area (Å²) in [5.41, 5.74) is 8.11. The van der Waals surface area contributed by atoms with Gasteiger partial charge in [0.2, 0.25) is 15.0 Å². The van der Waals surface area contributed by atoms with Gasteiger partial charge in [0.25, 0.3) is 0 Å². The van der Waals surface area contributed by atoms with Gasteiger partial charge in [0.05, 0.1) is 24.4 Å². The van der Waals surface area contributed by atoms with Crippen molar-refractivity contribution in [1.29, 1.82) is 0 Å². The largest absolute Gasteiger partial charge is 0.376 e. The molecule has 32 heavy (non-hydrogen) atoms. The molecule has 2 aromatic carbocycles. The number of sulfone groups is 1. The van der Waals surface area contributed by atoms with E-state index >= 15 is 0 Å². The van der Waals surface area contributed by atoms with Crippen LogP contribution in [-0.2, 0) is 33.3 Å². The number of aromatic nitrogens is 3. The Balaban J connectivity index is 1.65. The van der Waals surface area contributed by atoms with Gasteiger partial charge >= 0.3 is 0 Å². The first-order chi connectivity index (χ1) is 15.3. The van der Waals surface area contributed by atoms with Crippen LogP contribution in [-0.4, -0.2) is 35.9 Å². The quantitative estimate of drug-likeness (QED) is 0.463. The number of ether oxygens (including phenoxy) is 1. The van der Waals surface area contributed by atoms with Crippen molar-refractivity contribution in [3.05, 3.63) is 75.0 Å². The van der Waals surface area contributed by atoms with Gasteiger partial charge in [-0.2, -0.15) is 0 Å². The highest BCUT2D eigenvalue weighted by molar-refractivity contribution is 9.10. The van der Waals surface area contributed by atoms with E-state index in [0.717, 1.165) is 22.9 Å². The first kappa shape index (κ1) is 23.4. The maximum absolute atomic E-state index is 13.3. The molecule has 1 aliphatic rings. The molecule has 0 aliphatic carbocycles. The minimum Gasteiger partial charge on any atom is -0.376 e. The van der Waals surface area contributed by atoms with Gasteiger partial charge in [0.1, 0.15) is 0 Å². The van der Waals surface area contributed by atoms with Crippen LogP contribution >= 0.6 is 27.5 Å². The second kappa shape index (κ2) is 10.0. The molecule has 4 rings (SSSR count). The second-order valence-corrected chi connectivity index (χ2v) is 11.1. The average Bonchev–Trinajstić information content (AvgIpc) is 3.40. The fraction of sp³-hybridized carbons (Fsp3) is 0.364. The zero-order chi connectivity index (χ0) is 22.7. The topological polar surface area (TPSA) is 100 Å². The maximum atomic E-state index is 13.3. The summed E-state index contributed by atoms with van der Waals surface area (Å²) in [4.78, 5) is 0. The van der Waals surface area contributed by atoms with Crippen molar-refractivity contribution in [2.45, 2.75) is 48.9 Å². The molecular weight excluding hydrogens is 516 g/mol. The SMILES string of the molecule is NC(Cc1ccc(Cl)cc1)c1nnc(S(=O)(=O)Cc2cccc(Br)c2)n1CC1CCCO1. The molecule has 0 amide bonds. The van der Waals surface area contributed by atoms with E-state index in [1.807, 2.05) is 18.2 Å². The molecule has 2 N–H and O–H groups in total. The minimum atomic E-state index is -3.75. The van der Waals surface area contributed by atoms with Crippen LogP contribution in [0.4, 0.5) is 0 Å². The van der Waals surface area contributed by atoms with Gasteiger partial charge in [-0.05, 0) is 54.7 Å². The van der Waals surface area contributed by atoms with Gasteiger partial charge in [0.15, 0.2) is 5.82 Å². The first-order valence-corrected chi connectivity index (χ1v) is 13.2. The fourth-order valence-corrected chi connectivity index (χ4v) is 5.83. The van der Waals surface area contributed by atoms with E-state index in [9.17, 15) is 8.42 Å². The van der Waals surface area contributed by atoms with Crippen LogP contribution in [0.2, 0.25) is 5.02 Å². The zero-order valence-corrected chi connectivity index (χ0v) is 20.5. The Kier molecular flexibility index (Phi) is 7.31. The summed E-state index contributed by atoms with van der Waals surface area (Å²) in [7, 11) is -3.75. The fourth-order valence-electron chi connectivity index (χ4n) is 3.84. The van der Waals surface area contributed by atoms with Gasteiger partial charge in [-0.1, -0.05) is 51.8 Å². The van der Waals surface area contributed by atoms with Gasteiger partial charge < -0.3 is 10.5 Å². The molecule has 2 heterocycles. The normalized spacial score (nSPS) is 17.5. The number of hydrogen-bond donors (Lipinski definition) is 1. The number of nitrogens with zero attached hydrogens (tertiary/aromatic N) is 3. The standard InChI is InChI=1S/C22H24BrClN4O3S/c23-17-4-1-3-16(11-17)14-32(29,30)22-27-26-21(28(22)13-19-5-2-10-31-19)20(25)12-15-6-8-18(24)9-7-15/h1,3-4,6-9,11,19-20H,2,5,10,12-14,25H2. The predicted octanol–water partition coefficient (Wildman–Crippen LogP) is 4.09. The van der Waals surface area contributed by atoms with Crippen LogP contribution in [0.1, 0.15) is 35.8 Å². The summed E-state index contributed by atoms with van der Waals surface area (Å²) >= 11 is 9.36. The Morgan fingerprint density at radius 2 is 1.97 bits per heavy atom. The predicted molar refractivity (Wildman–Crippen MR) is 126 cm³/mol. The van der Waals surface area contributed by atoms with Gasteiger partial charge in [-0.15, -0.1) is 10.2 Å². The van der Waals surface area contributed by atoms with Crippen LogP contribution < -0.4 is 5.73 Å². The minimum absolute atomic E-state index is 0.0745. The van der Waals surface area contributed by atoms with Crippen LogP contribution in [0.5, 0.6) is 0 Å². The molecule has 10 heteroatoms. The van der Waals surface area contributed by atoms with Crippen molar-refractivity contribution < 1.29 is 13.2 Å². The Bertz CT molecular complexity index is 1180. The summed E-state index contributed by atoms with van der Waals surface area (Å²) < 4.78 is 34.8. The van der Waals surface area contributed by atoms with Crippen molar-refractivity contribution in [3.8, 4) is 0 Å². The summed E-state index contributed by atoms with van der Waals surface area (Å²) in [6.07, 6.45) is 2.19. The van der Waals surface area contributed by atoms with Crippen LogP contribution in [0.3, 0.4) is 0 Å². The number of nitrogens with two attached hydrogens (primary N) is 1. The number of hydrogen-bond acceptors (Lipinski definition) is 6. The van der Waals surface area contributed by atoms with Gasteiger partial charge in [-0.25, -0.2) is 8.42 Å². The lowest BCUT2D eigenvalue weighted by atomic mass is 10.1. The average molecular weight is 540 g/mol. The Morgan fingerprint density at radius 1 is 1.19 bits per heavy atom. The van der Waals surface area contributed by atoms with Crippen molar-refractivity contribution in [1.82, 2.24) is 14.8 Å². The van der Waals surface area contributed by atoms with Crippen molar-refractivity contribution >= 4 is 37.4 Å². The highest BCUT2D eigenvalue weighted by atomic mass is 79.9. The molecule has 170 valence electrons. The van der Waals surface area contributed by atoms with E-state index in [1.54, 1.807) is 34.9 Å². The molecule has 7 nitrogen and oxygen atoms in total. The highest BCUT2D eigenvalue weighted by Crippen LogP contribution is 2.25. The second-order valence-electron chi connectivity index (χ2n) is 7.91. The molecule has 1 fully saturated rings. The first-order valence-electron chi connectivity index (χ1n) is 10.3. The Hall–Kier alpha value is -1.78. The van der Waals surface area contributed by atoms with Crippen molar-refractivity contribution in [2.75, 3.05) is 6.61 Å². The molecule has 2 unspecified atom stereocenters. The van der Waals surface area contributed by atoms with Crippen LogP contribution in [0.25, 0.3) is 0 Å². The maximum Gasteiger partial charge on any atom is 0.250 e. The third-order valence-corrected chi connectivity index (χ3v) is 7.70. The number of benzene rings is 2. The van der Waals surface area contributed by atoms with E-state index in [2.05, 4.69) is 26.1 Å². The lowest BCUT2D eigenvalue weighted by Crippen LogP contribution is -2.25. The van der Waals surface area contributed by atoms with Gasteiger partial charge in [-0.3, -0.25) is 4.57 Å². The molecule has 1 saturated heterocycles. The molecule has 1 aromatic heterocycles. The lowest BCUT2D eigenvalue weighted by Gasteiger charge is -2.18. The van der Waals surface area contributed by atoms with Crippen LogP contribution in [0, 0.1) is 0 Å². The van der Waals surface area contributed by atoms with Gasteiger partial charge in [0, 0.05) is 16.1 Å². The Labute approximate surface area is 201 Å². The third kappa shape index (κ3) is 5.58. The molecule has 3 aromatic rings. The lowest BCUT2D eigenvalue weighted by molar-refractivity contribution is 0.0937. The molecular formula is C22H24BrClN4O3S. The molecule has 1 aliphatic heterocycles. The summed E-state index contributed by atoms with van der Waals surface area (Å²) in [6, 6.07) is 14.1.